The molecule has 0 atom stereocenters. The van der Waals surface area contributed by atoms with Gasteiger partial charge in [0.05, 0.1) is 24.0 Å². The van der Waals surface area contributed by atoms with Crippen molar-refractivity contribution in [1.82, 2.24) is 29.9 Å². The minimum Gasteiger partial charge on any atom is -0.487 e. The lowest BCUT2D eigenvalue weighted by molar-refractivity contribution is 0.0709. The number of ether oxygens (including phenoxy) is 1. The van der Waals surface area contributed by atoms with E-state index >= 15 is 0 Å². The van der Waals surface area contributed by atoms with Gasteiger partial charge in [0.25, 0.3) is 5.91 Å². The quantitative estimate of drug-likeness (QED) is 0.309. The Morgan fingerprint density at radius 2 is 1.85 bits per heavy atom. The molecular weight excluding hydrogens is 518 g/mol. The van der Waals surface area contributed by atoms with Crippen LogP contribution in [0.2, 0.25) is 0 Å². The summed E-state index contributed by atoms with van der Waals surface area (Å²) in [5, 5.41) is 18.8. The number of para-hydroxylation sites is 1. The second-order valence-electron chi connectivity index (χ2n) is 10.1. The van der Waals surface area contributed by atoms with Gasteiger partial charge in [0, 0.05) is 37.1 Å². The van der Waals surface area contributed by atoms with Gasteiger partial charge < -0.3 is 19.6 Å². The minimum absolute atomic E-state index is 0.0229. The Morgan fingerprint density at radius 1 is 1.02 bits per heavy atom. The van der Waals surface area contributed by atoms with Crippen molar-refractivity contribution in [1.29, 1.82) is 0 Å². The van der Waals surface area contributed by atoms with Gasteiger partial charge >= 0.3 is 0 Å². The van der Waals surface area contributed by atoms with Gasteiger partial charge in [0.1, 0.15) is 30.2 Å². The molecule has 0 spiro atoms. The van der Waals surface area contributed by atoms with E-state index in [1.54, 1.807) is 23.3 Å². The summed E-state index contributed by atoms with van der Waals surface area (Å²) in [5.41, 5.74) is 3.71. The fourth-order valence-corrected chi connectivity index (χ4v) is 5.24. The van der Waals surface area contributed by atoms with Crippen LogP contribution in [0.3, 0.4) is 0 Å². The van der Waals surface area contributed by atoms with Crippen LogP contribution < -0.4 is 9.64 Å². The van der Waals surface area contributed by atoms with Gasteiger partial charge in [-0.15, -0.1) is 5.10 Å². The normalized spacial score (nSPS) is 13.9. The molecule has 0 unspecified atom stereocenters. The summed E-state index contributed by atoms with van der Waals surface area (Å²) in [4.78, 5) is 26.6. The molecule has 0 aliphatic carbocycles. The number of hydrogen-bond acceptors (Lipinski definition) is 8. The Kier molecular flexibility index (Phi) is 7.55. The van der Waals surface area contributed by atoms with Gasteiger partial charge in [-0.1, -0.05) is 35.5 Å². The van der Waals surface area contributed by atoms with Crippen molar-refractivity contribution in [3.8, 4) is 11.4 Å². The fourth-order valence-electron chi connectivity index (χ4n) is 5.24. The topological polar surface area (TPSA) is 110 Å². The number of hydrogen-bond donors (Lipinski definition) is 1. The highest BCUT2D eigenvalue weighted by Crippen LogP contribution is 2.27. The molecule has 0 radical (unpaired) electrons. The van der Waals surface area contributed by atoms with Gasteiger partial charge in [-0.2, -0.15) is 0 Å². The smallest absolute Gasteiger partial charge is 0.253 e. The molecule has 1 amide bonds. The zero-order valence-electron chi connectivity index (χ0n) is 22.8. The van der Waals surface area contributed by atoms with Crippen LogP contribution in [0, 0.1) is 0 Å². The lowest BCUT2D eigenvalue weighted by Gasteiger charge is -2.37. The van der Waals surface area contributed by atoms with Crippen molar-refractivity contribution in [3.05, 3.63) is 102 Å². The molecular formula is C31H31N7O3. The molecule has 0 bridgehead atoms. The van der Waals surface area contributed by atoms with Crippen LogP contribution in [-0.2, 0) is 13.2 Å². The number of piperidine rings is 1. The summed E-state index contributed by atoms with van der Waals surface area (Å²) in [6.07, 6.45) is 5.12. The summed E-state index contributed by atoms with van der Waals surface area (Å²) in [7, 11) is 1.88. The third kappa shape index (κ3) is 5.73. The maximum absolute atomic E-state index is 13.5. The maximum Gasteiger partial charge on any atom is 0.253 e. The number of anilines is 1. The molecule has 1 aliphatic rings. The van der Waals surface area contributed by atoms with E-state index in [1.165, 1.54) is 0 Å². The van der Waals surface area contributed by atoms with Crippen LogP contribution in [0.5, 0.6) is 5.75 Å². The number of nitrogens with zero attached hydrogens (tertiary/aromatic N) is 7. The Labute approximate surface area is 237 Å². The van der Waals surface area contributed by atoms with E-state index in [0.717, 1.165) is 53.9 Å². The lowest BCUT2D eigenvalue weighted by Crippen LogP contribution is -2.46. The van der Waals surface area contributed by atoms with Crippen LogP contribution in [0.25, 0.3) is 16.6 Å². The predicted octanol–water partition coefficient (Wildman–Crippen LogP) is 4.02. The van der Waals surface area contributed by atoms with E-state index in [-0.39, 0.29) is 25.2 Å². The molecule has 10 heteroatoms. The first-order chi connectivity index (χ1) is 20.1. The number of amides is 1. The molecule has 3 heterocycles. The molecule has 10 nitrogen and oxygen atoms in total. The number of aliphatic hydroxyl groups excluding tert-OH is 1. The average Bonchev–Trinajstić information content (AvgIpc) is 3.52. The summed E-state index contributed by atoms with van der Waals surface area (Å²) >= 11 is 0. The third-order valence-electron chi connectivity index (χ3n) is 7.52. The monoisotopic (exact) mass is 549 g/mol. The highest BCUT2D eigenvalue weighted by atomic mass is 16.5. The van der Waals surface area contributed by atoms with Gasteiger partial charge in [0.2, 0.25) is 0 Å². The lowest BCUT2D eigenvalue weighted by atomic mass is 10.0. The number of aliphatic hydroxyl groups is 1. The zero-order chi connectivity index (χ0) is 28.2. The number of benzene rings is 3. The Bertz CT molecular complexity index is 1660. The summed E-state index contributed by atoms with van der Waals surface area (Å²) in [6.45, 7) is 1.83. The van der Waals surface area contributed by atoms with Crippen LogP contribution in [0.4, 0.5) is 5.82 Å². The van der Waals surface area contributed by atoms with Crippen LogP contribution in [0.15, 0.2) is 85.3 Å². The van der Waals surface area contributed by atoms with Crippen LogP contribution in [-0.4, -0.2) is 67.1 Å². The van der Waals surface area contributed by atoms with Crippen molar-refractivity contribution in [2.24, 2.45) is 0 Å². The average molecular weight is 550 g/mol. The van der Waals surface area contributed by atoms with Crippen LogP contribution in [0.1, 0.15) is 34.5 Å². The Balaban J connectivity index is 1.08. The van der Waals surface area contributed by atoms with Crippen molar-refractivity contribution in [2.75, 3.05) is 25.0 Å². The fraction of sp³-hybridized carbons (Fsp3) is 0.258. The van der Waals surface area contributed by atoms with Crippen molar-refractivity contribution in [2.45, 2.75) is 32.1 Å². The molecule has 1 saturated heterocycles. The predicted molar refractivity (Wildman–Crippen MR) is 155 cm³/mol. The molecule has 41 heavy (non-hydrogen) atoms. The van der Waals surface area contributed by atoms with Gasteiger partial charge in [-0.05, 0) is 60.9 Å². The first-order valence-corrected chi connectivity index (χ1v) is 13.6. The van der Waals surface area contributed by atoms with Gasteiger partial charge in [0.15, 0.2) is 0 Å². The Morgan fingerprint density at radius 3 is 2.71 bits per heavy atom. The van der Waals surface area contributed by atoms with E-state index in [1.807, 2.05) is 72.6 Å². The number of fused-ring (bicyclic) bond motifs is 1. The molecule has 1 N–H and O–H groups in total. The van der Waals surface area contributed by atoms with Crippen molar-refractivity contribution in [3.63, 3.8) is 0 Å². The van der Waals surface area contributed by atoms with Crippen molar-refractivity contribution >= 4 is 22.6 Å². The second-order valence-corrected chi connectivity index (χ2v) is 10.1. The molecule has 5 aromatic rings. The molecule has 1 aliphatic heterocycles. The standard InChI is InChI=1S/C31H31N7O3/c1-36(25-12-14-37(15-13-25)30-28-10-2-3-11-29(28)32-21-33-30)31(40)23-7-5-8-26(17-23)38-18-24(34-35-38)20-41-27-9-4-6-22(16-27)19-39/h2-11,16-18,21,25,39H,12-15,19-20H2,1H3. The highest BCUT2D eigenvalue weighted by molar-refractivity contribution is 5.95. The number of rotatable bonds is 8. The summed E-state index contributed by atoms with van der Waals surface area (Å²) in [5.74, 6) is 1.58. The first kappa shape index (κ1) is 26.4. The van der Waals surface area contributed by atoms with Gasteiger partial charge in [-0.3, -0.25) is 4.79 Å². The van der Waals surface area contributed by atoms with E-state index in [2.05, 4.69) is 31.2 Å². The van der Waals surface area contributed by atoms with E-state index in [4.69, 9.17) is 4.74 Å². The van der Waals surface area contributed by atoms with Gasteiger partial charge in [-0.25, -0.2) is 14.6 Å². The molecule has 2 aromatic heterocycles. The molecule has 3 aromatic carbocycles. The van der Waals surface area contributed by atoms with Crippen LogP contribution >= 0.6 is 0 Å². The molecule has 0 saturated carbocycles. The molecule has 6 rings (SSSR count). The van der Waals surface area contributed by atoms with E-state index < -0.39 is 0 Å². The number of carbonyl (C=O) groups is 1. The SMILES string of the molecule is CN(C(=O)c1cccc(-n2cc(COc3cccc(CO)c3)nn2)c1)C1CCN(c2ncnc3ccccc23)CC1. The van der Waals surface area contributed by atoms with E-state index in [0.29, 0.717) is 17.0 Å². The largest absolute Gasteiger partial charge is 0.487 e. The maximum atomic E-state index is 13.5. The zero-order valence-corrected chi connectivity index (χ0v) is 22.8. The minimum atomic E-state index is -0.0443. The highest BCUT2D eigenvalue weighted by Gasteiger charge is 2.27. The first-order valence-electron chi connectivity index (χ1n) is 13.6. The number of carbonyl (C=O) groups excluding carboxylic acids is 1. The second kappa shape index (κ2) is 11.7. The molecule has 208 valence electrons. The number of aromatic nitrogens is 5. The summed E-state index contributed by atoms with van der Waals surface area (Å²) in [6, 6.07) is 22.9. The third-order valence-corrected chi connectivity index (χ3v) is 7.52. The van der Waals surface area contributed by atoms with E-state index in [9.17, 15) is 9.90 Å². The summed E-state index contributed by atoms with van der Waals surface area (Å²) < 4.78 is 7.45. The molecule has 1 fully saturated rings. The van der Waals surface area contributed by atoms with Crippen molar-refractivity contribution < 1.29 is 14.6 Å². The Hall–Kier alpha value is -4.83.